The van der Waals surface area contributed by atoms with E-state index in [1.165, 1.54) is 23.1 Å². The smallest absolute Gasteiger partial charge is 0.259 e. The Hall–Kier alpha value is -3.40. The molecule has 1 aromatic carbocycles. The molecule has 0 spiro atoms. The van der Waals surface area contributed by atoms with E-state index in [0.717, 1.165) is 31.2 Å². The quantitative estimate of drug-likeness (QED) is 0.546. The summed E-state index contributed by atoms with van der Waals surface area (Å²) in [4.78, 5) is 50.1. The van der Waals surface area contributed by atoms with Crippen LogP contribution in [0.3, 0.4) is 0 Å². The van der Waals surface area contributed by atoms with Crippen molar-refractivity contribution in [1.29, 1.82) is 0 Å². The minimum atomic E-state index is -0.861. The van der Waals surface area contributed by atoms with E-state index in [0.29, 0.717) is 28.9 Å². The number of hydrogen-bond acceptors (Lipinski definition) is 7. The molecule has 2 N–H and O–H groups in total. The summed E-state index contributed by atoms with van der Waals surface area (Å²) in [5.41, 5.74) is 1.43. The van der Waals surface area contributed by atoms with E-state index in [9.17, 15) is 14.4 Å². The molecule has 2 aliphatic heterocycles. The van der Waals surface area contributed by atoms with Gasteiger partial charge < -0.3 is 15.1 Å². The molecule has 5 rings (SSSR count). The molecule has 37 heavy (non-hydrogen) atoms. The normalized spacial score (nSPS) is 20.0. The summed E-state index contributed by atoms with van der Waals surface area (Å²) in [6.07, 6.45) is 7.55. The van der Waals surface area contributed by atoms with Crippen molar-refractivity contribution >= 4 is 46.2 Å². The van der Waals surface area contributed by atoms with Crippen LogP contribution in [0.25, 0.3) is 0 Å². The van der Waals surface area contributed by atoms with E-state index in [1.54, 1.807) is 18.4 Å². The Balaban J connectivity index is 1.32. The SMILES string of the molecule is CC[C@H](SC1=Nc2ccccc2C2=N[C@H](CC(=O)NCc3ccco3)C(=O)N12)C(=O)NC1CCCCC1. The third-order valence-corrected chi connectivity index (χ3v) is 8.15. The molecule has 2 atom stereocenters. The first-order chi connectivity index (χ1) is 18.0. The van der Waals surface area contributed by atoms with Crippen LogP contribution in [-0.4, -0.2) is 51.0 Å². The van der Waals surface area contributed by atoms with Gasteiger partial charge in [0.1, 0.15) is 17.6 Å². The second-order valence-corrected chi connectivity index (χ2v) is 10.6. The Labute approximate surface area is 220 Å². The monoisotopic (exact) mass is 521 g/mol. The van der Waals surface area contributed by atoms with Gasteiger partial charge in [0.05, 0.1) is 30.2 Å². The molecule has 1 aromatic heterocycles. The average Bonchev–Trinajstić information content (AvgIpc) is 3.55. The molecule has 3 aliphatic rings. The number of hydrogen-bond donors (Lipinski definition) is 2. The molecule has 1 aliphatic carbocycles. The van der Waals surface area contributed by atoms with Crippen LogP contribution in [0.5, 0.6) is 0 Å². The summed E-state index contributed by atoms with van der Waals surface area (Å²) >= 11 is 1.28. The third kappa shape index (κ3) is 5.64. The number of amides is 3. The van der Waals surface area contributed by atoms with E-state index < -0.39 is 11.3 Å². The topological polar surface area (TPSA) is 116 Å². The van der Waals surface area contributed by atoms with Gasteiger partial charge in [-0.05, 0) is 43.5 Å². The maximum atomic E-state index is 13.5. The zero-order valence-corrected chi connectivity index (χ0v) is 21.6. The fourth-order valence-corrected chi connectivity index (χ4v) is 5.88. The predicted molar refractivity (Wildman–Crippen MR) is 143 cm³/mol. The number of nitrogens with zero attached hydrogens (tertiary/aromatic N) is 3. The van der Waals surface area contributed by atoms with Crippen molar-refractivity contribution in [3.05, 3.63) is 54.0 Å². The number of furan rings is 1. The summed E-state index contributed by atoms with van der Waals surface area (Å²) in [5.74, 6) is 0.472. The van der Waals surface area contributed by atoms with E-state index in [2.05, 4.69) is 15.6 Å². The van der Waals surface area contributed by atoms with Gasteiger partial charge in [-0.1, -0.05) is 50.1 Å². The van der Waals surface area contributed by atoms with Crippen LogP contribution < -0.4 is 10.6 Å². The molecule has 10 heteroatoms. The van der Waals surface area contributed by atoms with Gasteiger partial charge in [-0.2, -0.15) is 0 Å². The molecular weight excluding hydrogens is 490 g/mol. The van der Waals surface area contributed by atoms with Gasteiger partial charge in [-0.3, -0.25) is 19.4 Å². The number of para-hydroxylation sites is 1. The zero-order valence-electron chi connectivity index (χ0n) is 20.8. The first-order valence-corrected chi connectivity index (χ1v) is 13.8. The van der Waals surface area contributed by atoms with E-state index in [1.807, 2.05) is 31.2 Å². The minimum absolute atomic E-state index is 0.0278. The average molecular weight is 522 g/mol. The standard InChI is InChI=1S/C27H31N5O4S/c1-2-22(25(34)29-17-9-4-3-5-10-17)37-27-31-20-13-7-6-12-19(20)24-30-21(26(35)32(24)27)15-23(33)28-16-18-11-8-14-36-18/h6-8,11-14,17,21-22H,2-5,9-10,15-16H2,1H3,(H,28,33)(H,29,34)/t21-,22+/m1/s1. The van der Waals surface area contributed by atoms with Crippen LogP contribution >= 0.6 is 11.8 Å². The number of fused-ring (bicyclic) bond motifs is 3. The van der Waals surface area contributed by atoms with Crippen LogP contribution in [0.15, 0.2) is 57.1 Å². The Morgan fingerprint density at radius 3 is 2.73 bits per heavy atom. The molecule has 3 amide bonds. The lowest BCUT2D eigenvalue weighted by atomic mass is 9.95. The predicted octanol–water partition coefficient (Wildman–Crippen LogP) is 3.91. The number of rotatable bonds is 8. The van der Waals surface area contributed by atoms with Crippen LogP contribution in [0.1, 0.15) is 63.2 Å². The molecule has 0 unspecified atom stereocenters. The highest BCUT2D eigenvalue weighted by atomic mass is 32.2. The first kappa shape index (κ1) is 25.3. The summed E-state index contributed by atoms with van der Waals surface area (Å²) in [5, 5.41) is 6.01. The van der Waals surface area contributed by atoms with Gasteiger partial charge in [0.2, 0.25) is 11.8 Å². The van der Waals surface area contributed by atoms with Crippen LogP contribution in [0, 0.1) is 0 Å². The lowest BCUT2D eigenvalue weighted by Crippen LogP contribution is -2.45. The maximum Gasteiger partial charge on any atom is 0.259 e. The van der Waals surface area contributed by atoms with Crippen LogP contribution in [0.2, 0.25) is 0 Å². The number of aliphatic imine (C=N–C) groups is 2. The van der Waals surface area contributed by atoms with Crippen molar-refractivity contribution in [2.24, 2.45) is 9.98 Å². The van der Waals surface area contributed by atoms with Crippen molar-refractivity contribution in [2.75, 3.05) is 0 Å². The number of carbonyl (C=O) groups is 3. The summed E-state index contributed by atoms with van der Waals surface area (Å²) in [6.45, 7) is 2.20. The number of nitrogens with one attached hydrogen (secondary N) is 2. The van der Waals surface area contributed by atoms with Crippen molar-refractivity contribution in [3.8, 4) is 0 Å². The van der Waals surface area contributed by atoms with Gasteiger partial charge in [0, 0.05) is 11.6 Å². The minimum Gasteiger partial charge on any atom is -0.467 e. The Bertz CT molecular complexity index is 1220. The largest absolute Gasteiger partial charge is 0.467 e. The Morgan fingerprint density at radius 1 is 1.16 bits per heavy atom. The molecule has 0 radical (unpaired) electrons. The molecule has 2 aromatic rings. The molecular formula is C27H31N5O4S. The van der Waals surface area contributed by atoms with E-state index in [-0.39, 0.29) is 36.7 Å². The number of thioether (sulfide) groups is 1. The maximum absolute atomic E-state index is 13.5. The molecule has 3 heterocycles. The number of amidine groups is 2. The molecule has 0 bridgehead atoms. The van der Waals surface area contributed by atoms with Gasteiger partial charge in [-0.25, -0.2) is 9.89 Å². The van der Waals surface area contributed by atoms with Crippen molar-refractivity contribution in [1.82, 2.24) is 15.5 Å². The van der Waals surface area contributed by atoms with Gasteiger partial charge in [-0.15, -0.1) is 0 Å². The second kappa shape index (κ2) is 11.3. The molecule has 9 nitrogen and oxygen atoms in total. The molecule has 1 fully saturated rings. The molecule has 1 saturated carbocycles. The van der Waals surface area contributed by atoms with Gasteiger partial charge in [0.25, 0.3) is 5.91 Å². The Kier molecular flexibility index (Phi) is 7.73. The van der Waals surface area contributed by atoms with Crippen molar-refractivity contribution in [2.45, 2.75) is 75.7 Å². The molecule has 0 saturated heterocycles. The fraction of sp³-hybridized carbons (Fsp3) is 0.444. The molecule has 194 valence electrons. The summed E-state index contributed by atoms with van der Waals surface area (Å²) < 4.78 is 5.25. The van der Waals surface area contributed by atoms with Crippen LogP contribution in [0.4, 0.5) is 5.69 Å². The number of benzene rings is 1. The zero-order chi connectivity index (χ0) is 25.8. The lowest BCUT2D eigenvalue weighted by Gasteiger charge is -2.29. The van der Waals surface area contributed by atoms with E-state index in [4.69, 9.17) is 9.41 Å². The highest BCUT2D eigenvalue weighted by Crippen LogP contribution is 2.35. The van der Waals surface area contributed by atoms with Crippen LogP contribution in [-0.2, 0) is 20.9 Å². The third-order valence-electron chi connectivity index (χ3n) is 6.83. The Morgan fingerprint density at radius 2 is 1.97 bits per heavy atom. The number of carbonyl (C=O) groups excluding carboxylic acids is 3. The fourth-order valence-electron chi connectivity index (χ4n) is 4.85. The van der Waals surface area contributed by atoms with Gasteiger partial charge in [0.15, 0.2) is 5.17 Å². The highest BCUT2D eigenvalue weighted by Gasteiger charge is 2.43. The highest BCUT2D eigenvalue weighted by molar-refractivity contribution is 8.15. The van der Waals surface area contributed by atoms with Gasteiger partial charge >= 0.3 is 0 Å². The van der Waals surface area contributed by atoms with Crippen molar-refractivity contribution in [3.63, 3.8) is 0 Å². The summed E-state index contributed by atoms with van der Waals surface area (Å²) in [7, 11) is 0. The second-order valence-electron chi connectivity index (χ2n) is 9.47. The first-order valence-electron chi connectivity index (χ1n) is 12.9. The van der Waals surface area contributed by atoms with Crippen molar-refractivity contribution < 1.29 is 18.8 Å². The summed E-state index contributed by atoms with van der Waals surface area (Å²) in [6, 6.07) is 10.4. The van der Waals surface area contributed by atoms with E-state index >= 15 is 0 Å². The lowest BCUT2D eigenvalue weighted by molar-refractivity contribution is -0.128.